The van der Waals surface area contributed by atoms with Crippen molar-refractivity contribution in [2.24, 2.45) is 0 Å². The summed E-state index contributed by atoms with van der Waals surface area (Å²) in [6.07, 6.45) is 0.967. The number of anilines is 3. The monoisotopic (exact) mass is 567 g/mol. The SMILES string of the molecule is COc1ccc(N(CC(=O)Nc2ccc(S(=O)(=O)Nc3cc(C)ccc3OC)cc2)S(C)(=O)=O)cc1Cl. The topological polar surface area (TPSA) is 131 Å². The Morgan fingerprint density at radius 1 is 0.919 bits per heavy atom. The molecule has 13 heteroatoms. The molecule has 0 radical (unpaired) electrons. The molecule has 0 fully saturated rings. The molecule has 3 aromatic carbocycles. The van der Waals surface area contributed by atoms with Crippen molar-refractivity contribution in [2.75, 3.05) is 41.4 Å². The maximum absolute atomic E-state index is 12.9. The Labute approximate surface area is 221 Å². The van der Waals surface area contributed by atoms with E-state index in [2.05, 4.69) is 10.0 Å². The zero-order valence-corrected chi connectivity index (χ0v) is 22.9. The van der Waals surface area contributed by atoms with E-state index in [9.17, 15) is 21.6 Å². The number of hydrogen-bond donors (Lipinski definition) is 2. The number of ether oxygens (including phenoxy) is 2. The minimum Gasteiger partial charge on any atom is -0.495 e. The average molecular weight is 568 g/mol. The summed E-state index contributed by atoms with van der Waals surface area (Å²) in [6.45, 7) is 1.29. The van der Waals surface area contributed by atoms with Crippen LogP contribution in [0.1, 0.15) is 5.56 Å². The summed E-state index contributed by atoms with van der Waals surface area (Å²) >= 11 is 6.11. The van der Waals surface area contributed by atoms with Crippen molar-refractivity contribution in [2.45, 2.75) is 11.8 Å². The quantitative estimate of drug-likeness (QED) is 0.380. The fourth-order valence-corrected chi connectivity index (χ4v) is 5.53. The first-order valence-corrected chi connectivity index (χ1v) is 14.4. The van der Waals surface area contributed by atoms with Crippen LogP contribution in [0.2, 0.25) is 5.02 Å². The van der Waals surface area contributed by atoms with Crippen molar-refractivity contribution in [1.29, 1.82) is 0 Å². The summed E-state index contributed by atoms with van der Waals surface area (Å²) in [4.78, 5) is 12.6. The predicted octanol–water partition coefficient (Wildman–Crippen LogP) is 3.87. The van der Waals surface area contributed by atoms with Gasteiger partial charge in [-0.05, 0) is 67.1 Å². The second kappa shape index (κ2) is 11.3. The van der Waals surface area contributed by atoms with Gasteiger partial charge < -0.3 is 14.8 Å². The van der Waals surface area contributed by atoms with E-state index in [1.54, 1.807) is 18.2 Å². The van der Waals surface area contributed by atoms with Crippen molar-refractivity contribution < 1.29 is 31.1 Å². The van der Waals surface area contributed by atoms with Crippen LogP contribution >= 0.6 is 11.6 Å². The molecule has 0 aliphatic rings. The Morgan fingerprint density at radius 3 is 2.11 bits per heavy atom. The summed E-state index contributed by atoms with van der Waals surface area (Å²) in [7, 11) is -4.91. The van der Waals surface area contributed by atoms with Crippen molar-refractivity contribution >= 4 is 54.6 Å². The fourth-order valence-electron chi connectivity index (χ4n) is 3.36. The third-order valence-electron chi connectivity index (χ3n) is 5.16. The van der Waals surface area contributed by atoms with Gasteiger partial charge in [-0.25, -0.2) is 16.8 Å². The molecule has 3 aromatic rings. The summed E-state index contributed by atoms with van der Waals surface area (Å²) in [5.41, 5.74) is 1.59. The standard InChI is InChI=1S/C24H26ClN3O7S2/c1-16-5-11-23(35-3)21(13-16)27-37(32,33)19-9-6-17(7-10-19)26-24(29)15-28(36(4,30)31)18-8-12-22(34-2)20(25)14-18/h5-14,27H,15H2,1-4H3,(H,26,29). The Kier molecular flexibility index (Phi) is 8.57. The lowest BCUT2D eigenvalue weighted by atomic mass is 10.2. The summed E-state index contributed by atoms with van der Waals surface area (Å²) < 4.78 is 64.1. The van der Waals surface area contributed by atoms with E-state index in [0.717, 1.165) is 16.1 Å². The van der Waals surface area contributed by atoms with Gasteiger partial charge in [-0.3, -0.25) is 13.8 Å². The molecule has 37 heavy (non-hydrogen) atoms. The Hall–Kier alpha value is -3.48. The highest BCUT2D eigenvalue weighted by Crippen LogP contribution is 2.30. The summed E-state index contributed by atoms with van der Waals surface area (Å²) in [5.74, 6) is 0.0796. The molecular weight excluding hydrogens is 542 g/mol. The molecule has 0 bridgehead atoms. The molecule has 0 aromatic heterocycles. The highest BCUT2D eigenvalue weighted by atomic mass is 35.5. The van der Waals surface area contributed by atoms with Crippen LogP contribution in [0.25, 0.3) is 0 Å². The van der Waals surface area contributed by atoms with Crippen molar-refractivity contribution in [3.05, 3.63) is 71.2 Å². The first-order chi connectivity index (χ1) is 17.3. The molecule has 1 amide bonds. The summed E-state index contributed by atoms with van der Waals surface area (Å²) in [6, 6.07) is 14.9. The molecule has 2 N–H and O–H groups in total. The highest BCUT2D eigenvalue weighted by molar-refractivity contribution is 7.92. The van der Waals surface area contributed by atoms with Gasteiger partial charge in [0.15, 0.2) is 0 Å². The number of carbonyl (C=O) groups is 1. The van der Waals surface area contributed by atoms with Crippen LogP contribution in [0, 0.1) is 6.92 Å². The molecule has 0 saturated heterocycles. The van der Waals surface area contributed by atoms with E-state index >= 15 is 0 Å². The fraction of sp³-hybridized carbons (Fsp3) is 0.208. The van der Waals surface area contributed by atoms with Gasteiger partial charge in [-0.15, -0.1) is 0 Å². The molecule has 0 atom stereocenters. The van der Waals surface area contributed by atoms with Gasteiger partial charge in [0, 0.05) is 5.69 Å². The molecule has 0 heterocycles. The first kappa shape index (κ1) is 28.1. The number of rotatable bonds is 10. The smallest absolute Gasteiger partial charge is 0.262 e. The lowest BCUT2D eigenvalue weighted by molar-refractivity contribution is -0.114. The number of nitrogens with zero attached hydrogens (tertiary/aromatic N) is 1. The number of halogens is 1. The molecule has 0 aliphatic heterocycles. The van der Waals surface area contributed by atoms with Gasteiger partial charge in [0.2, 0.25) is 15.9 Å². The number of amides is 1. The van der Waals surface area contributed by atoms with Gasteiger partial charge in [0.05, 0.1) is 41.8 Å². The highest BCUT2D eigenvalue weighted by Gasteiger charge is 2.22. The van der Waals surface area contributed by atoms with Crippen LogP contribution in [0.3, 0.4) is 0 Å². The Balaban J connectivity index is 1.75. The molecule has 0 spiro atoms. The number of carbonyl (C=O) groups excluding carboxylic acids is 1. The van der Waals surface area contributed by atoms with Crippen LogP contribution in [0.4, 0.5) is 17.1 Å². The van der Waals surface area contributed by atoms with Crippen LogP contribution in [0.15, 0.2) is 65.6 Å². The van der Waals surface area contributed by atoms with E-state index in [1.807, 2.05) is 6.92 Å². The predicted molar refractivity (Wildman–Crippen MR) is 144 cm³/mol. The minimum atomic E-state index is -3.95. The largest absolute Gasteiger partial charge is 0.495 e. The number of sulfonamides is 2. The third-order valence-corrected chi connectivity index (χ3v) is 7.98. The van der Waals surface area contributed by atoms with Gasteiger partial charge in [0.25, 0.3) is 10.0 Å². The first-order valence-electron chi connectivity index (χ1n) is 10.7. The van der Waals surface area contributed by atoms with E-state index < -0.39 is 32.5 Å². The lowest BCUT2D eigenvalue weighted by Gasteiger charge is -2.22. The Morgan fingerprint density at radius 2 is 1.54 bits per heavy atom. The van der Waals surface area contributed by atoms with E-state index in [0.29, 0.717) is 17.2 Å². The van der Waals surface area contributed by atoms with Gasteiger partial charge in [-0.2, -0.15) is 0 Å². The molecule has 0 aliphatic carbocycles. The molecule has 0 unspecified atom stereocenters. The maximum atomic E-state index is 12.9. The van der Waals surface area contributed by atoms with Crippen LogP contribution < -0.4 is 23.8 Å². The van der Waals surface area contributed by atoms with E-state index in [1.165, 1.54) is 56.7 Å². The number of aryl methyl sites for hydroxylation is 1. The van der Waals surface area contributed by atoms with Crippen molar-refractivity contribution in [1.82, 2.24) is 0 Å². The van der Waals surface area contributed by atoms with Gasteiger partial charge in [-0.1, -0.05) is 17.7 Å². The van der Waals surface area contributed by atoms with Gasteiger partial charge in [0.1, 0.15) is 18.0 Å². The second-order valence-electron chi connectivity index (χ2n) is 7.97. The maximum Gasteiger partial charge on any atom is 0.262 e. The van der Waals surface area contributed by atoms with E-state index in [4.69, 9.17) is 21.1 Å². The third kappa shape index (κ3) is 7.06. The second-order valence-corrected chi connectivity index (χ2v) is 12.0. The van der Waals surface area contributed by atoms with Crippen LogP contribution in [0.5, 0.6) is 11.5 Å². The minimum absolute atomic E-state index is 0.0419. The summed E-state index contributed by atoms with van der Waals surface area (Å²) in [5, 5.41) is 2.75. The van der Waals surface area contributed by atoms with Crippen molar-refractivity contribution in [3.8, 4) is 11.5 Å². The molecule has 10 nitrogen and oxygen atoms in total. The average Bonchev–Trinajstić information content (AvgIpc) is 2.82. The normalized spacial score (nSPS) is 11.5. The number of benzene rings is 3. The zero-order valence-electron chi connectivity index (χ0n) is 20.5. The van der Waals surface area contributed by atoms with Crippen LogP contribution in [-0.2, 0) is 24.8 Å². The molecule has 198 valence electrons. The number of methoxy groups -OCH3 is 2. The van der Waals surface area contributed by atoms with Crippen molar-refractivity contribution in [3.63, 3.8) is 0 Å². The zero-order chi connectivity index (χ0) is 27.4. The lowest BCUT2D eigenvalue weighted by Crippen LogP contribution is -2.37. The molecular formula is C24H26ClN3O7S2. The Bertz CT molecular complexity index is 1510. The number of nitrogens with one attached hydrogen (secondary N) is 2. The molecule has 3 rings (SSSR count). The van der Waals surface area contributed by atoms with Gasteiger partial charge >= 0.3 is 0 Å². The van der Waals surface area contributed by atoms with E-state index in [-0.39, 0.29) is 21.3 Å². The van der Waals surface area contributed by atoms with Crippen LogP contribution in [-0.4, -0.2) is 49.8 Å². The number of hydrogen-bond acceptors (Lipinski definition) is 7. The molecule has 0 saturated carbocycles.